The molecule has 1 fully saturated rings. The quantitative estimate of drug-likeness (QED) is 0.742. The van der Waals surface area contributed by atoms with Crippen molar-refractivity contribution in [3.63, 3.8) is 0 Å². The first-order chi connectivity index (χ1) is 11.5. The lowest BCUT2D eigenvalue weighted by Crippen LogP contribution is -2.37. The highest BCUT2D eigenvalue weighted by molar-refractivity contribution is 5.70. The van der Waals surface area contributed by atoms with Crippen LogP contribution in [-0.4, -0.2) is 50.9 Å². The van der Waals surface area contributed by atoms with E-state index in [1.165, 1.54) is 20.4 Å². The van der Waals surface area contributed by atoms with E-state index in [1.54, 1.807) is 4.57 Å². The predicted molar refractivity (Wildman–Crippen MR) is 83.1 cm³/mol. The third-order valence-electron chi connectivity index (χ3n) is 3.99. The molecule has 1 aliphatic rings. The van der Waals surface area contributed by atoms with E-state index < -0.39 is 30.0 Å². The zero-order valence-corrected chi connectivity index (χ0v) is 13.6. The Morgan fingerprint density at radius 3 is 2.88 bits per heavy atom. The summed E-state index contributed by atoms with van der Waals surface area (Å²) >= 11 is 0. The molecule has 10 nitrogen and oxygen atoms in total. The first-order valence-electron chi connectivity index (χ1n) is 7.54. The van der Waals surface area contributed by atoms with Gasteiger partial charge in [0.15, 0.2) is 23.5 Å². The van der Waals surface area contributed by atoms with E-state index in [4.69, 9.17) is 19.9 Å². The summed E-state index contributed by atoms with van der Waals surface area (Å²) in [6.07, 6.45) is -0.0790. The van der Waals surface area contributed by atoms with Crippen molar-refractivity contribution >= 4 is 23.1 Å². The van der Waals surface area contributed by atoms with Crippen molar-refractivity contribution in [2.45, 2.75) is 44.8 Å². The van der Waals surface area contributed by atoms with Crippen molar-refractivity contribution in [1.82, 2.24) is 19.5 Å². The van der Waals surface area contributed by atoms with Crippen molar-refractivity contribution in [2.24, 2.45) is 0 Å². The van der Waals surface area contributed by atoms with Crippen molar-refractivity contribution < 1.29 is 19.0 Å². The maximum Gasteiger partial charge on any atom is 0.303 e. The highest BCUT2D eigenvalue weighted by atomic mass is 16.6. The van der Waals surface area contributed by atoms with Crippen molar-refractivity contribution in [2.75, 3.05) is 12.8 Å². The lowest BCUT2D eigenvalue weighted by atomic mass is 10.1. The Bertz CT molecular complexity index is 815. The number of nitrogens with zero attached hydrogens (tertiary/aromatic N) is 3. The van der Waals surface area contributed by atoms with Gasteiger partial charge in [0.1, 0.15) is 6.10 Å². The number of H-pyrrole nitrogens is 1. The van der Waals surface area contributed by atoms with Crippen LogP contribution in [-0.2, 0) is 19.0 Å². The molecule has 3 heterocycles. The van der Waals surface area contributed by atoms with Gasteiger partial charge in [-0.05, 0) is 6.42 Å². The lowest BCUT2D eigenvalue weighted by Gasteiger charge is -2.22. The molecule has 0 bridgehead atoms. The third kappa shape index (κ3) is 2.63. The molecule has 0 spiro atoms. The van der Waals surface area contributed by atoms with E-state index in [-0.39, 0.29) is 23.2 Å². The van der Waals surface area contributed by atoms with E-state index in [0.717, 1.165) is 0 Å². The molecule has 1 aliphatic heterocycles. The highest BCUT2D eigenvalue weighted by Gasteiger charge is 2.47. The molecule has 2 aromatic rings. The second kappa shape index (κ2) is 6.21. The number of nitrogens with one attached hydrogen (secondary N) is 1. The Morgan fingerprint density at radius 2 is 2.25 bits per heavy atom. The number of ether oxygens (including phenoxy) is 3. The monoisotopic (exact) mass is 337 g/mol. The van der Waals surface area contributed by atoms with E-state index in [1.807, 2.05) is 6.92 Å². The molecule has 0 amide bonds. The zero-order valence-electron chi connectivity index (χ0n) is 13.6. The van der Waals surface area contributed by atoms with Crippen LogP contribution in [0.4, 0.5) is 5.95 Å². The van der Waals surface area contributed by atoms with Gasteiger partial charge < -0.3 is 19.9 Å². The van der Waals surface area contributed by atoms with Gasteiger partial charge in [-0.2, -0.15) is 4.98 Å². The molecule has 4 atom stereocenters. The van der Waals surface area contributed by atoms with Crippen LogP contribution in [0.15, 0.2) is 11.1 Å². The second-order valence-electron chi connectivity index (χ2n) is 5.52. The molecule has 0 aliphatic carbocycles. The van der Waals surface area contributed by atoms with Crippen LogP contribution >= 0.6 is 0 Å². The third-order valence-corrected chi connectivity index (χ3v) is 3.99. The van der Waals surface area contributed by atoms with Crippen LogP contribution in [0.5, 0.6) is 0 Å². The summed E-state index contributed by atoms with van der Waals surface area (Å²) in [5.74, 6) is -0.441. The van der Waals surface area contributed by atoms with Crippen molar-refractivity contribution in [1.29, 1.82) is 0 Å². The fraction of sp³-hybridized carbons (Fsp3) is 0.571. The molecule has 2 aromatic heterocycles. The SMILES string of the molecule is CC[C@H]1O[C@@H](n2cnc3c(=O)[nH]c(N)nc32)C(OC)[C@H]1OC(C)=O. The largest absolute Gasteiger partial charge is 0.457 e. The first kappa shape index (κ1) is 16.4. The summed E-state index contributed by atoms with van der Waals surface area (Å²) in [4.78, 5) is 33.9. The van der Waals surface area contributed by atoms with Crippen molar-refractivity contribution in [3.8, 4) is 0 Å². The number of esters is 1. The van der Waals surface area contributed by atoms with Gasteiger partial charge in [-0.15, -0.1) is 0 Å². The molecule has 0 aromatic carbocycles. The number of imidazole rings is 1. The number of nitrogen functional groups attached to an aromatic ring is 1. The van der Waals surface area contributed by atoms with E-state index >= 15 is 0 Å². The molecule has 3 N–H and O–H groups in total. The van der Waals surface area contributed by atoms with E-state index in [2.05, 4.69) is 15.0 Å². The Labute approximate surface area is 136 Å². The number of carbonyl (C=O) groups is 1. The molecule has 130 valence electrons. The fourth-order valence-corrected chi connectivity index (χ4v) is 2.97. The maximum absolute atomic E-state index is 11.9. The number of carbonyl (C=O) groups excluding carboxylic acids is 1. The standard InChI is InChI=1S/C14H19N5O5/c1-4-7-9(23-6(2)20)10(22-3)13(24-7)19-5-16-8-11(19)17-14(15)18-12(8)21/h5,7,9-10,13H,4H2,1-3H3,(H3,15,17,18,21)/t7-,9+,10?,13-/m1/s1. The first-order valence-corrected chi connectivity index (χ1v) is 7.54. The Balaban J connectivity index is 2.05. The van der Waals surface area contributed by atoms with Crippen LogP contribution in [0.2, 0.25) is 0 Å². The number of fused-ring (bicyclic) bond motifs is 1. The van der Waals surface area contributed by atoms with Gasteiger partial charge in [-0.1, -0.05) is 6.92 Å². The summed E-state index contributed by atoms with van der Waals surface area (Å²) in [5.41, 5.74) is 5.60. The molecular weight excluding hydrogens is 318 g/mol. The van der Waals surface area contributed by atoms with E-state index in [9.17, 15) is 9.59 Å². The van der Waals surface area contributed by atoms with Gasteiger partial charge in [0.25, 0.3) is 5.56 Å². The number of methoxy groups -OCH3 is 1. The number of aromatic amines is 1. The van der Waals surface area contributed by atoms with Gasteiger partial charge in [-0.3, -0.25) is 19.1 Å². The summed E-state index contributed by atoms with van der Waals surface area (Å²) < 4.78 is 18.4. The van der Waals surface area contributed by atoms with Gasteiger partial charge in [-0.25, -0.2) is 4.98 Å². The predicted octanol–water partition coefficient (Wildman–Crippen LogP) is -0.0441. The minimum absolute atomic E-state index is 0.0233. The normalized spacial score (nSPS) is 26.8. The minimum atomic E-state index is -0.650. The number of nitrogens with two attached hydrogens (primary N) is 1. The molecule has 0 radical (unpaired) electrons. The number of hydrogen-bond acceptors (Lipinski definition) is 8. The molecule has 24 heavy (non-hydrogen) atoms. The molecular formula is C14H19N5O5. The van der Waals surface area contributed by atoms with E-state index in [0.29, 0.717) is 6.42 Å². The number of anilines is 1. The second-order valence-corrected chi connectivity index (χ2v) is 5.52. The van der Waals surface area contributed by atoms with Crippen LogP contribution in [0.3, 0.4) is 0 Å². The van der Waals surface area contributed by atoms with Crippen LogP contribution in [0.25, 0.3) is 11.2 Å². The molecule has 10 heteroatoms. The van der Waals surface area contributed by atoms with Gasteiger partial charge in [0.2, 0.25) is 5.95 Å². The minimum Gasteiger partial charge on any atom is -0.457 e. The fourth-order valence-electron chi connectivity index (χ4n) is 2.97. The number of rotatable bonds is 4. The number of hydrogen-bond donors (Lipinski definition) is 2. The molecule has 1 unspecified atom stereocenters. The van der Waals surface area contributed by atoms with Crippen LogP contribution in [0.1, 0.15) is 26.5 Å². The Morgan fingerprint density at radius 1 is 1.50 bits per heavy atom. The Hall–Kier alpha value is -2.46. The Kier molecular flexibility index (Phi) is 4.24. The van der Waals surface area contributed by atoms with Crippen LogP contribution in [0, 0.1) is 0 Å². The summed E-state index contributed by atoms with van der Waals surface area (Å²) in [5, 5.41) is 0. The number of aromatic nitrogens is 4. The molecule has 3 rings (SSSR count). The smallest absolute Gasteiger partial charge is 0.303 e. The van der Waals surface area contributed by atoms with Gasteiger partial charge in [0.05, 0.1) is 12.4 Å². The highest BCUT2D eigenvalue weighted by Crippen LogP contribution is 2.35. The maximum atomic E-state index is 11.9. The topological polar surface area (TPSA) is 134 Å². The zero-order chi connectivity index (χ0) is 17.4. The van der Waals surface area contributed by atoms with Gasteiger partial charge >= 0.3 is 5.97 Å². The average Bonchev–Trinajstić information content (AvgIpc) is 3.07. The van der Waals surface area contributed by atoms with Crippen LogP contribution < -0.4 is 11.3 Å². The summed E-state index contributed by atoms with van der Waals surface area (Å²) in [6, 6.07) is 0. The van der Waals surface area contributed by atoms with Crippen molar-refractivity contribution in [3.05, 3.63) is 16.7 Å². The average molecular weight is 337 g/mol. The lowest BCUT2D eigenvalue weighted by molar-refractivity contribution is -0.153. The summed E-state index contributed by atoms with van der Waals surface area (Å²) in [7, 11) is 1.50. The molecule has 1 saturated heterocycles. The molecule has 0 saturated carbocycles. The van der Waals surface area contributed by atoms with Gasteiger partial charge in [0, 0.05) is 14.0 Å². The summed E-state index contributed by atoms with van der Waals surface area (Å²) in [6.45, 7) is 3.25.